The molecule has 4 aromatic rings. The highest BCUT2D eigenvalue weighted by Crippen LogP contribution is 2.41. The van der Waals surface area contributed by atoms with Crippen LogP contribution < -0.4 is 32.3 Å². The molecule has 0 aliphatic carbocycles. The van der Waals surface area contributed by atoms with Gasteiger partial charge in [0.15, 0.2) is 0 Å². The van der Waals surface area contributed by atoms with Gasteiger partial charge in [-0.1, -0.05) is 81.4 Å². The minimum atomic E-state index is -1.87. The number of nitrogens with one attached hydrogen (secondary N) is 5. The van der Waals surface area contributed by atoms with Crippen molar-refractivity contribution in [3.05, 3.63) is 132 Å². The number of aliphatic carboxylic acids is 1. The number of carbonyl (C=O) groups is 9. The Morgan fingerprint density at radius 2 is 1.42 bits per heavy atom. The monoisotopic (exact) mass is 1060 g/mol. The van der Waals surface area contributed by atoms with E-state index in [9.17, 15) is 62.9 Å². The molecule has 0 bridgehead atoms. The highest BCUT2D eigenvalue weighted by Gasteiger charge is 2.39. The Morgan fingerprint density at radius 1 is 0.803 bits per heavy atom. The van der Waals surface area contributed by atoms with Crippen LogP contribution in [0.15, 0.2) is 103 Å². The van der Waals surface area contributed by atoms with E-state index in [2.05, 4.69) is 26.6 Å². The number of aliphatic hydroxyl groups is 2. The van der Waals surface area contributed by atoms with Crippen molar-refractivity contribution in [2.45, 2.75) is 83.6 Å². The molecule has 0 saturated carbocycles. The van der Waals surface area contributed by atoms with E-state index in [0.29, 0.717) is 16.2 Å². The third-order valence-corrected chi connectivity index (χ3v) is 11.9. The van der Waals surface area contributed by atoms with Gasteiger partial charge in [-0.15, -0.1) is 0 Å². The second kappa shape index (κ2) is 27.3. The summed E-state index contributed by atoms with van der Waals surface area (Å²) in [7, 11) is 0. The van der Waals surface area contributed by atoms with Gasteiger partial charge in [0, 0.05) is 61.3 Å². The zero-order valence-corrected chi connectivity index (χ0v) is 41.9. The number of rotatable bonds is 27. The normalized spacial score (nSPS) is 14.2. The lowest BCUT2D eigenvalue weighted by atomic mass is 9.82. The van der Waals surface area contributed by atoms with Crippen molar-refractivity contribution in [2.24, 2.45) is 11.1 Å². The molecule has 3 aromatic carbocycles. The van der Waals surface area contributed by atoms with Gasteiger partial charge in [-0.3, -0.25) is 48.6 Å². The van der Waals surface area contributed by atoms with Gasteiger partial charge in [0.25, 0.3) is 11.8 Å². The van der Waals surface area contributed by atoms with Crippen molar-refractivity contribution in [2.75, 3.05) is 32.8 Å². The fraction of sp³-hybridized carbons (Fsp3) is 0.365. The van der Waals surface area contributed by atoms with Crippen LogP contribution in [0.3, 0.4) is 0 Å². The molecule has 2 heterocycles. The minimum Gasteiger partial charge on any atom is -0.481 e. The zero-order valence-electron chi connectivity index (χ0n) is 41.9. The summed E-state index contributed by atoms with van der Waals surface area (Å²) in [5, 5.41) is 43.9. The van der Waals surface area contributed by atoms with Crippen LogP contribution in [-0.2, 0) is 56.2 Å². The number of hydrogen-bond donors (Lipinski definition) is 9. The number of nitrogens with zero attached hydrogens (tertiary/aromatic N) is 3. The van der Waals surface area contributed by atoms with Crippen molar-refractivity contribution in [1.29, 1.82) is 0 Å². The summed E-state index contributed by atoms with van der Waals surface area (Å²) in [6.45, 7) is 2.88. The number of ether oxygens (including phenoxy) is 1. The van der Waals surface area contributed by atoms with E-state index < -0.39 is 127 Å². The number of carbonyl (C=O) groups excluding carboxylic acids is 8. The number of hydrogen-bond acceptors (Lipinski definition) is 13. The van der Waals surface area contributed by atoms with E-state index in [0.717, 1.165) is 35.9 Å². The summed E-state index contributed by atoms with van der Waals surface area (Å²) >= 11 is 0. The summed E-state index contributed by atoms with van der Waals surface area (Å²) < 4.78 is 36.9. The van der Waals surface area contributed by atoms with Crippen LogP contribution in [0.4, 0.5) is 13.6 Å². The molecule has 5 atom stereocenters. The van der Waals surface area contributed by atoms with Gasteiger partial charge in [0.1, 0.15) is 49.7 Å². The highest BCUT2D eigenvalue weighted by atomic mass is 19.1. The van der Waals surface area contributed by atoms with Crippen molar-refractivity contribution >= 4 is 53.4 Å². The zero-order chi connectivity index (χ0) is 55.7. The second-order valence-corrected chi connectivity index (χ2v) is 18.7. The predicted molar refractivity (Wildman–Crippen MR) is 267 cm³/mol. The van der Waals surface area contributed by atoms with Crippen molar-refractivity contribution in [1.82, 2.24) is 41.0 Å². The maximum Gasteiger partial charge on any atom is 0.408 e. The molecule has 1 unspecified atom stereocenters. The number of aliphatic hydroxyl groups excluding tert-OH is 2. The molecule has 0 fully saturated rings. The number of alkyl carbamates (subject to hydrolysis) is 1. The Balaban J connectivity index is 1.45. The van der Waals surface area contributed by atoms with Crippen LogP contribution in [0.25, 0.3) is 11.1 Å². The van der Waals surface area contributed by atoms with Crippen LogP contribution in [0.1, 0.15) is 62.9 Å². The van der Waals surface area contributed by atoms with Crippen molar-refractivity contribution in [3.63, 3.8) is 0 Å². The quantitative estimate of drug-likeness (QED) is 0.0231. The van der Waals surface area contributed by atoms with Gasteiger partial charge in [-0.2, -0.15) is 0 Å². The fourth-order valence-electron chi connectivity index (χ4n) is 8.30. The first-order chi connectivity index (χ1) is 36.0. The molecule has 406 valence electrons. The third-order valence-electron chi connectivity index (χ3n) is 11.9. The molecule has 1 aliphatic heterocycles. The van der Waals surface area contributed by atoms with E-state index >= 15 is 4.39 Å². The van der Waals surface area contributed by atoms with E-state index in [4.69, 9.17) is 10.5 Å². The second-order valence-electron chi connectivity index (χ2n) is 18.7. The standard InChI is InChI=1S/C52H61F2N9O13/c1-52(2,3)47(40-22-33(35-23-34(53)14-15-36(35)54)27-61(40)26-31-10-6-4-7-11-31)62(45(69)29-64)21-18-37(48(72)57-20-19-56-42(66)28-63-43(67)16-17-44(63)68)58-49(73)38(24-41(55)65)59-50(74)39(25-46(70)71)60-51(75)76-30-32-12-8-5-9-13-32/h4-17,22-23,27,37-39,47-48,57,64,72H,18-21,24-26,28-30H2,1-3H3,(H2,55,65)(H,56,66)(H,58,73)(H,59,74)(H,60,75)(H,70,71)/t37-,38-,39+,47-,48?/m0/s1. The van der Waals surface area contributed by atoms with E-state index in [1.165, 1.54) is 4.90 Å². The van der Waals surface area contributed by atoms with Crippen LogP contribution in [0, 0.1) is 17.0 Å². The summed E-state index contributed by atoms with van der Waals surface area (Å²) in [6.07, 6.45) is -1.61. The van der Waals surface area contributed by atoms with Gasteiger partial charge < -0.3 is 56.5 Å². The molecular weight excluding hydrogens is 997 g/mol. The average molecular weight is 1060 g/mol. The molecule has 10 N–H and O–H groups in total. The van der Waals surface area contributed by atoms with Gasteiger partial charge in [0.2, 0.25) is 29.5 Å². The molecule has 0 spiro atoms. The lowest BCUT2D eigenvalue weighted by molar-refractivity contribution is -0.141. The Kier molecular flexibility index (Phi) is 21.0. The molecule has 1 aliphatic rings. The van der Waals surface area contributed by atoms with Gasteiger partial charge in [-0.25, -0.2) is 13.6 Å². The molecule has 1 aromatic heterocycles. The lowest BCUT2D eigenvalue weighted by Gasteiger charge is -2.41. The molecule has 76 heavy (non-hydrogen) atoms. The Hall–Kier alpha value is -8.35. The number of nitrogens with two attached hydrogens (primary N) is 1. The van der Waals surface area contributed by atoms with Gasteiger partial charge in [0.05, 0.1) is 24.9 Å². The Morgan fingerprint density at radius 3 is 2.03 bits per heavy atom. The fourth-order valence-corrected chi connectivity index (χ4v) is 8.30. The molecule has 0 saturated heterocycles. The van der Waals surface area contributed by atoms with E-state index in [1.54, 1.807) is 67.9 Å². The topological polar surface area (TPSA) is 321 Å². The van der Waals surface area contributed by atoms with Crippen LogP contribution >= 0.6 is 0 Å². The molecule has 24 heteroatoms. The van der Waals surface area contributed by atoms with Crippen LogP contribution in [0.2, 0.25) is 0 Å². The molecule has 22 nitrogen and oxygen atoms in total. The minimum absolute atomic E-state index is 0.0744. The number of halogens is 2. The number of carboxylic acids is 1. The number of amides is 8. The summed E-state index contributed by atoms with van der Waals surface area (Å²) in [6, 6.07) is 15.9. The summed E-state index contributed by atoms with van der Waals surface area (Å²) in [5.41, 5.74) is 6.55. The Labute approximate surface area is 435 Å². The van der Waals surface area contributed by atoms with Crippen molar-refractivity contribution in [3.8, 4) is 11.1 Å². The maximum atomic E-state index is 15.4. The van der Waals surface area contributed by atoms with Gasteiger partial charge >= 0.3 is 12.1 Å². The first-order valence-corrected chi connectivity index (χ1v) is 23.9. The van der Waals surface area contributed by atoms with Crippen LogP contribution in [-0.4, -0.2) is 140 Å². The van der Waals surface area contributed by atoms with E-state index in [-0.39, 0.29) is 50.3 Å². The summed E-state index contributed by atoms with van der Waals surface area (Å²) in [4.78, 5) is 118. The first kappa shape index (κ1) is 58.5. The predicted octanol–water partition coefficient (Wildman–Crippen LogP) is 1.34. The average Bonchev–Trinajstić information content (AvgIpc) is 3.92. The SMILES string of the molecule is CC(C)(C)[C@H](c1cc(-c2cc(F)ccc2F)cn1Cc1ccccc1)N(CC[C@H](NC(=O)[C@H](CC(N)=O)NC(=O)[C@@H](CC(=O)O)NC(=O)OCc1ccccc1)C(O)NCCNC(=O)CN1C(=O)C=CC1=O)C(=O)CO. The molecule has 0 radical (unpaired) electrons. The number of imide groups is 1. The number of aromatic nitrogens is 1. The highest BCUT2D eigenvalue weighted by molar-refractivity contribution is 6.14. The third kappa shape index (κ3) is 17.1. The molecule has 8 amide bonds. The number of benzene rings is 3. The maximum absolute atomic E-state index is 15.4. The largest absolute Gasteiger partial charge is 0.481 e. The smallest absolute Gasteiger partial charge is 0.408 e. The van der Waals surface area contributed by atoms with E-state index in [1.807, 2.05) is 30.3 Å². The van der Waals surface area contributed by atoms with Gasteiger partial charge in [-0.05, 0) is 47.2 Å². The van der Waals surface area contributed by atoms with Crippen molar-refractivity contribution < 1.29 is 72.0 Å². The molecular formula is C52H61F2N9O13. The number of carboxylic acid groups (broad SMARTS) is 1. The molecule has 5 rings (SSSR count). The number of primary amides is 1. The Bertz CT molecular complexity index is 2750. The lowest BCUT2D eigenvalue weighted by Crippen LogP contribution is -2.59. The summed E-state index contributed by atoms with van der Waals surface area (Å²) in [5.74, 6) is -9.45. The van der Waals surface area contributed by atoms with Crippen LogP contribution in [0.5, 0.6) is 0 Å². The first-order valence-electron chi connectivity index (χ1n) is 23.9.